The van der Waals surface area contributed by atoms with Crippen LogP contribution in [0, 0.1) is 13.8 Å². The van der Waals surface area contributed by atoms with Gasteiger partial charge in [-0.25, -0.2) is 0 Å². The molecule has 1 aromatic carbocycles. The van der Waals surface area contributed by atoms with Crippen molar-refractivity contribution >= 4 is 40.9 Å². The largest absolute Gasteiger partial charge is 0.494 e. The lowest BCUT2D eigenvalue weighted by atomic mass is 10.1. The number of benzene rings is 1. The van der Waals surface area contributed by atoms with Crippen LogP contribution in [0.1, 0.15) is 24.0 Å². The van der Waals surface area contributed by atoms with Crippen LogP contribution in [0.15, 0.2) is 40.3 Å². The third-order valence-electron chi connectivity index (χ3n) is 3.87. The van der Waals surface area contributed by atoms with Gasteiger partial charge in [-0.05, 0) is 57.3 Å². The molecule has 0 bridgehead atoms. The van der Waals surface area contributed by atoms with Crippen molar-refractivity contribution in [3.05, 3.63) is 53.0 Å². The summed E-state index contributed by atoms with van der Waals surface area (Å²) in [5, 5.41) is 2.60. The molecule has 6 nitrogen and oxygen atoms in total. The summed E-state index contributed by atoms with van der Waals surface area (Å²) in [5.74, 6) is 0.925. The number of amides is 2. The first-order valence-corrected chi connectivity index (χ1v) is 8.53. The zero-order chi connectivity index (χ0) is 18.8. The van der Waals surface area contributed by atoms with Crippen LogP contribution in [-0.4, -0.2) is 23.5 Å². The molecule has 0 unspecified atom stereocenters. The Labute approximate surface area is 156 Å². The van der Waals surface area contributed by atoms with E-state index in [1.165, 1.54) is 11.0 Å². The van der Waals surface area contributed by atoms with E-state index in [0.29, 0.717) is 35.1 Å². The Bertz CT molecular complexity index is 929. The molecule has 26 heavy (non-hydrogen) atoms. The molecule has 0 spiro atoms. The maximum atomic E-state index is 13.0. The van der Waals surface area contributed by atoms with Gasteiger partial charge in [-0.3, -0.25) is 19.8 Å². The van der Waals surface area contributed by atoms with Gasteiger partial charge in [0.1, 0.15) is 22.8 Å². The SMILES string of the molecule is CCOc1cccc(N2C(=O)/C(=C/c3cc(C)oc3C)C(=O)NC2=S)c1. The number of aryl methyl sites for hydroxylation is 2. The quantitative estimate of drug-likeness (QED) is 0.509. The predicted molar refractivity (Wildman–Crippen MR) is 102 cm³/mol. The van der Waals surface area contributed by atoms with Crippen molar-refractivity contribution in [1.29, 1.82) is 0 Å². The van der Waals surface area contributed by atoms with E-state index in [0.717, 1.165) is 0 Å². The molecule has 1 saturated heterocycles. The number of furan rings is 1. The van der Waals surface area contributed by atoms with Crippen LogP contribution < -0.4 is 15.0 Å². The number of nitrogens with one attached hydrogen (secondary N) is 1. The number of thiocarbonyl (C=S) groups is 1. The number of nitrogens with zero attached hydrogens (tertiary/aromatic N) is 1. The predicted octanol–water partition coefficient (Wildman–Crippen LogP) is 3.13. The van der Waals surface area contributed by atoms with E-state index in [1.807, 2.05) is 6.92 Å². The first kappa shape index (κ1) is 17.9. The molecule has 1 aliphatic heterocycles. The summed E-state index contributed by atoms with van der Waals surface area (Å²) in [6.45, 7) is 5.96. The number of hydrogen-bond donors (Lipinski definition) is 1. The molecular formula is C19H18N2O4S. The molecule has 3 rings (SSSR count). The second-order valence-electron chi connectivity index (χ2n) is 5.76. The number of rotatable bonds is 4. The first-order valence-electron chi connectivity index (χ1n) is 8.12. The van der Waals surface area contributed by atoms with Crippen molar-refractivity contribution in [3.63, 3.8) is 0 Å². The molecular weight excluding hydrogens is 352 g/mol. The van der Waals surface area contributed by atoms with Gasteiger partial charge in [-0.15, -0.1) is 0 Å². The standard InChI is InChI=1S/C19H18N2O4S/c1-4-24-15-7-5-6-14(10-15)21-18(23)16(17(22)20-19(21)26)9-13-8-11(2)25-12(13)3/h5-10H,4H2,1-3H3,(H,20,22,26)/b16-9+. The lowest BCUT2D eigenvalue weighted by Gasteiger charge is -2.29. The summed E-state index contributed by atoms with van der Waals surface area (Å²) in [4.78, 5) is 26.6. The van der Waals surface area contributed by atoms with Crippen molar-refractivity contribution in [3.8, 4) is 5.75 Å². The maximum Gasteiger partial charge on any atom is 0.270 e. The van der Waals surface area contributed by atoms with Crippen LogP contribution >= 0.6 is 12.2 Å². The number of anilines is 1. The molecule has 2 amide bonds. The second kappa shape index (κ2) is 7.13. The van der Waals surface area contributed by atoms with E-state index in [4.69, 9.17) is 21.4 Å². The number of carbonyl (C=O) groups is 2. The molecule has 1 fully saturated rings. The van der Waals surface area contributed by atoms with Crippen molar-refractivity contribution < 1.29 is 18.7 Å². The zero-order valence-corrected chi connectivity index (χ0v) is 15.5. The molecule has 0 radical (unpaired) electrons. The molecule has 1 aromatic heterocycles. The van der Waals surface area contributed by atoms with E-state index in [9.17, 15) is 9.59 Å². The average molecular weight is 370 g/mol. The molecule has 0 atom stereocenters. The Morgan fingerprint density at radius 2 is 2.04 bits per heavy atom. The summed E-state index contributed by atoms with van der Waals surface area (Å²) < 4.78 is 10.9. The monoisotopic (exact) mass is 370 g/mol. The van der Waals surface area contributed by atoms with Gasteiger partial charge < -0.3 is 9.15 Å². The first-order chi connectivity index (χ1) is 12.4. The average Bonchev–Trinajstić information content (AvgIpc) is 2.89. The van der Waals surface area contributed by atoms with Crippen LogP contribution in [0.4, 0.5) is 5.69 Å². The van der Waals surface area contributed by atoms with Gasteiger partial charge in [0.25, 0.3) is 11.8 Å². The van der Waals surface area contributed by atoms with Gasteiger partial charge >= 0.3 is 0 Å². The highest BCUT2D eigenvalue weighted by Gasteiger charge is 2.34. The van der Waals surface area contributed by atoms with Crippen molar-refractivity contribution in [2.45, 2.75) is 20.8 Å². The van der Waals surface area contributed by atoms with Gasteiger partial charge in [-0.2, -0.15) is 0 Å². The minimum atomic E-state index is -0.532. The molecule has 0 saturated carbocycles. The molecule has 2 heterocycles. The fourth-order valence-electron chi connectivity index (χ4n) is 2.72. The highest BCUT2D eigenvalue weighted by molar-refractivity contribution is 7.80. The molecule has 134 valence electrons. The summed E-state index contributed by atoms with van der Waals surface area (Å²) in [5.41, 5.74) is 1.19. The molecule has 1 aliphatic rings. The Morgan fingerprint density at radius 1 is 1.27 bits per heavy atom. The van der Waals surface area contributed by atoms with Crippen molar-refractivity contribution in [2.24, 2.45) is 0 Å². The number of ether oxygens (including phenoxy) is 1. The Hall–Kier alpha value is -2.93. The highest BCUT2D eigenvalue weighted by Crippen LogP contribution is 2.26. The van der Waals surface area contributed by atoms with E-state index < -0.39 is 11.8 Å². The topological polar surface area (TPSA) is 71.8 Å². The maximum absolute atomic E-state index is 13.0. The summed E-state index contributed by atoms with van der Waals surface area (Å²) in [6, 6.07) is 8.76. The highest BCUT2D eigenvalue weighted by atomic mass is 32.1. The van der Waals surface area contributed by atoms with E-state index in [2.05, 4.69) is 5.32 Å². The van der Waals surface area contributed by atoms with Crippen LogP contribution in [0.5, 0.6) is 5.75 Å². The lowest BCUT2D eigenvalue weighted by molar-refractivity contribution is -0.122. The van der Waals surface area contributed by atoms with Crippen LogP contribution in [0.3, 0.4) is 0 Å². The molecule has 1 N–H and O–H groups in total. The van der Waals surface area contributed by atoms with Crippen molar-refractivity contribution in [2.75, 3.05) is 11.5 Å². The lowest BCUT2D eigenvalue weighted by Crippen LogP contribution is -2.54. The van der Waals surface area contributed by atoms with Crippen LogP contribution in [0.2, 0.25) is 0 Å². The van der Waals surface area contributed by atoms with E-state index in [-0.39, 0.29) is 10.7 Å². The minimum Gasteiger partial charge on any atom is -0.494 e. The Kier molecular flexibility index (Phi) is 4.90. The number of hydrogen-bond acceptors (Lipinski definition) is 5. The van der Waals surface area contributed by atoms with Gasteiger partial charge in [0.15, 0.2) is 5.11 Å². The van der Waals surface area contributed by atoms with Gasteiger partial charge in [0.05, 0.1) is 12.3 Å². The third kappa shape index (κ3) is 3.39. The minimum absolute atomic E-state index is 0.00990. The molecule has 7 heteroatoms. The van der Waals surface area contributed by atoms with Crippen molar-refractivity contribution in [1.82, 2.24) is 5.32 Å². The van der Waals surface area contributed by atoms with Gasteiger partial charge in [-0.1, -0.05) is 6.07 Å². The number of carbonyl (C=O) groups excluding carboxylic acids is 2. The third-order valence-corrected chi connectivity index (χ3v) is 4.15. The summed E-state index contributed by atoms with van der Waals surface area (Å²) in [7, 11) is 0. The summed E-state index contributed by atoms with van der Waals surface area (Å²) in [6.07, 6.45) is 1.52. The summed E-state index contributed by atoms with van der Waals surface area (Å²) >= 11 is 5.21. The Balaban J connectivity index is 2.01. The smallest absolute Gasteiger partial charge is 0.270 e. The molecule has 2 aromatic rings. The van der Waals surface area contributed by atoms with E-state index >= 15 is 0 Å². The van der Waals surface area contributed by atoms with Crippen LogP contribution in [-0.2, 0) is 9.59 Å². The molecule has 0 aliphatic carbocycles. The normalized spacial score (nSPS) is 16.2. The second-order valence-corrected chi connectivity index (χ2v) is 6.14. The van der Waals surface area contributed by atoms with Gasteiger partial charge in [0, 0.05) is 11.6 Å². The fourth-order valence-corrected chi connectivity index (χ4v) is 3.00. The fraction of sp³-hybridized carbons (Fsp3) is 0.211. The van der Waals surface area contributed by atoms with Crippen LogP contribution in [0.25, 0.3) is 6.08 Å². The van der Waals surface area contributed by atoms with E-state index in [1.54, 1.807) is 44.2 Å². The van der Waals surface area contributed by atoms with Gasteiger partial charge in [0.2, 0.25) is 0 Å². The Morgan fingerprint density at radius 3 is 2.69 bits per heavy atom. The zero-order valence-electron chi connectivity index (χ0n) is 14.7.